The van der Waals surface area contributed by atoms with Crippen molar-refractivity contribution in [2.24, 2.45) is 12.8 Å². The van der Waals surface area contributed by atoms with Gasteiger partial charge in [-0.3, -0.25) is 24.2 Å². The summed E-state index contributed by atoms with van der Waals surface area (Å²) >= 11 is 0. The van der Waals surface area contributed by atoms with Gasteiger partial charge in [-0.1, -0.05) is 39.0 Å². The van der Waals surface area contributed by atoms with Gasteiger partial charge in [-0.2, -0.15) is 0 Å². The third-order valence-electron chi connectivity index (χ3n) is 9.84. The largest absolute Gasteiger partial charge is 0.495 e. The molecule has 3 amide bonds. The zero-order chi connectivity index (χ0) is 35.9. The highest BCUT2D eigenvalue weighted by atomic mass is 16.5. The molecule has 1 aromatic heterocycles. The SMILES string of the molecule is COc1c(C(N)=O)cc(C(C)(C)C)c(-c2c(C(=O)O)n(C)c3c(CN4CCN(C(=O)C5CCCN5C)CC4)cccc23)c1C(=O)NC(C)C. The van der Waals surface area contributed by atoms with Gasteiger partial charge in [-0.05, 0) is 62.9 Å². The number of fused-ring (bicyclic) bond motifs is 1. The molecule has 3 aromatic rings. The lowest BCUT2D eigenvalue weighted by Crippen LogP contribution is -2.52. The van der Waals surface area contributed by atoms with E-state index in [0.717, 1.165) is 30.5 Å². The first-order valence-electron chi connectivity index (χ1n) is 17.0. The Morgan fingerprint density at radius 3 is 2.24 bits per heavy atom. The normalized spacial score (nSPS) is 17.6. The number of piperazine rings is 1. The Morgan fingerprint density at radius 2 is 1.71 bits per heavy atom. The smallest absolute Gasteiger partial charge is 0.353 e. The van der Waals surface area contributed by atoms with Crippen molar-refractivity contribution in [3.8, 4) is 16.9 Å². The van der Waals surface area contributed by atoms with Crippen LogP contribution in [0.3, 0.4) is 0 Å². The number of para-hydroxylation sites is 1. The Bertz CT molecular complexity index is 1800. The number of primary amides is 1. The van der Waals surface area contributed by atoms with Crippen molar-refractivity contribution in [1.82, 2.24) is 24.6 Å². The molecule has 0 radical (unpaired) electrons. The summed E-state index contributed by atoms with van der Waals surface area (Å²) < 4.78 is 7.41. The predicted molar refractivity (Wildman–Crippen MR) is 189 cm³/mol. The molecule has 2 fully saturated rings. The van der Waals surface area contributed by atoms with Crippen molar-refractivity contribution in [2.45, 2.75) is 71.5 Å². The van der Waals surface area contributed by atoms with E-state index < -0.39 is 23.2 Å². The van der Waals surface area contributed by atoms with Gasteiger partial charge >= 0.3 is 5.97 Å². The van der Waals surface area contributed by atoms with Crippen LogP contribution in [0.5, 0.6) is 5.75 Å². The molecule has 3 heterocycles. The molecular weight excluding hydrogens is 624 g/mol. The fraction of sp³-hybridized carbons (Fsp3) is 0.514. The van der Waals surface area contributed by atoms with Crippen LogP contribution in [0.2, 0.25) is 0 Å². The summed E-state index contributed by atoms with van der Waals surface area (Å²) in [7, 11) is 5.11. The molecule has 2 aliphatic heterocycles. The Morgan fingerprint density at radius 1 is 1.04 bits per heavy atom. The summed E-state index contributed by atoms with van der Waals surface area (Å²) in [5.74, 6) is -2.23. The number of aromatic nitrogens is 1. The van der Waals surface area contributed by atoms with E-state index in [1.807, 2.05) is 64.8 Å². The molecule has 2 aromatic carbocycles. The molecule has 4 N–H and O–H groups in total. The van der Waals surface area contributed by atoms with Crippen LogP contribution < -0.4 is 15.8 Å². The summed E-state index contributed by atoms with van der Waals surface area (Å²) in [6.07, 6.45) is 1.94. The summed E-state index contributed by atoms with van der Waals surface area (Å²) in [4.78, 5) is 59.6. The number of aromatic carboxylic acids is 1. The highest BCUT2D eigenvalue weighted by Gasteiger charge is 2.37. The second-order valence-corrected chi connectivity index (χ2v) is 14.6. The molecule has 12 nitrogen and oxygen atoms in total. The van der Waals surface area contributed by atoms with Crippen molar-refractivity contribution in [3.05, 3.63) is 52.2 Å². The van der Waals surface area contributed by atoms with Crippen molar-refractivity contribution >= 4 is 34.6 Å². The molecule has 49 heavy (non-hydrogen) atoms. The van der Waals surface area contributed by atoms with Crippen molar-refractivity contribution in [2.75, 3.05) is 46.9 Å². The predicted octanol–water partition coefficient (Wildman–Crippen LogP) is 3.83. The van der Waals surface area contributed by atoms with Gasteiger partial charge in [0.15, 0.2) is 0 Å². The number of hydrogen-bond donors (Lipinski definition) is 3. The second-order valence-electron chi connectivity index (χ2n) is 14.6. The number of rotatable bonds is 9. The summed E-state index contributed by atoms with van der Waals surface area (Å²) in [5, 5.41) is 14.4. The van der Waals surface area contributed by atoms with Gasteiger partial charge in [-0.25, -0.2) is 4.79 Å². The molecule has 12 heteroatoms. The number of carboxylic acids is 1. The number of benzene rings is 2. The quantitative estimate of drug-likeness (QED) is 0.310. The average molecular weight is 675 g/mol. The maximum absolute atomic E-state index is 14.1. The number of nitrogens with zero attached hydrogens (tertiary/aromatic N) is 4. The number of carbonyl (C=O) groups excluding carboxylic acids is 3. The number of carbonyl (C=O) groups is 4. The fourth-order valence-electron chi connectivity index (χ4n) is 7.49. The highest BCUT2D eigenvalue weighted by Crippen LogP contribution is 2.47. The number of amides is 3. The number of likely N-dealkylation sites (tertiary alicyclic amines) is 1. The van der Waals surface area contributed by atoms with Crippen LogP contribution in [-0.4, -0.2) is 107 Å². The van der Waals surface area contributed by atoms with Crippen LogP contribution in [0.15, 0.2) is 24.3 Å². The van der Waals surface area contributed by atoms with E-state index >= 15 is 0 Å². The first-order valence-corrected chi connectivity index (χ1v) is 17.0. The summed E-state index contributed by atoms with van der Waals surface area (Å²) in [6, 6.07) is 7.10. The van der Waals surface area contributed by atoms with E-state index in [1.165, 1.54) is 7.11 Å². The van der Waals surface area contributed by atoms with Gasteiger partial charge in [0, 0.05) is 62.3 Å². The van der Waals surface area contributed by atoms with Crippen LogP contribution in [0.4, 0.5) is 0 Å². The van der Waals surface area contributed by atoms with Crippen LogP contribution in [0, 0.1) is 0 Å². The lowest BCUT2D eigenvalue weighted by atomic mass is 9.77. The summed E-state index contributed by atoms with van der Waals surface area (Å²) in [6.45, 7) is 13.6. The third kappa shape index (κ3) is 6.76. The molecule has 0 saturated carbocycles. The lowest BCUT2D eigenvalue weighted by molar-refractivity contribution is -0.137. The second kappa shape index (κ2) is 13.8. The first-order chi connectivity index (χ1) is 23.1. The maximum atomic E-state index is 14.1. The monoisotopic (exact) mass is 674 g/mol. The van der Waals surface area contributed by atoms with Gasteiger partial charge in [0.1, 0.15) is 11.4 Å². The Kier molecular flexibility index (Phi) is 10.1. The molecule has 264 valence electrons. The number of likely N-dealkylation sites (N-methyl/N-ethyl adjacent to an activating group) is 1. The lowest BCUT2D eigenvalue weighted by Gasteiger charge is -2.37. The van der Waals surface area contributed by atoms with Crippen LogP contribution in [0.1, 0.15) is 89.8 Å². The van der Waals surface area contributed by atoms with Gasteiger partial charge in [0.2, 0.25) is 5.91 Å². The zero-order valence-corrected chi connectivity index (χ0v) is 30.0. The number of hydrogen-bond acceptors (Lipinski definition) is 7. The molecule has 2 aliphatic rings. The zero-order valence-electron chi connectivity index (χ0n) is 30.0. The van der Waals surface area contributed by atoms with Gasteiger partial charge in [-0.15, -0.1) is 0 Å². The topological polar surface area (TPSA) is 150 Å². The molecule has 2 saturated heterocycles. The van der Waals surface area contributed by atoms with Crippen molar-refractivity contribution < 1.29 is 29.0 Å². The highest BCUT2D eigenvalue weighted by molar-refractivity contribution is 6.16. The molecule has 1 atom stereocenters. The molecule has 5 rings (SSSR count). The number of aryl methyl sites for hydroxylation is 1. The van der Waals surface area contributed by atoms with Crippen LogP contribution in [0.25, 0.3) is 22.0 Å². The maximum Gasteiger partial charge on any atom is 0.353 e. The van der Waals surface area contributed by atoms with E-state index in [4.69, 9.17) is 10.5 Å². The van der Waals surface area contributed by atoms with E-state index in [-0.39, 0.29) is 40.6 Å². The van der Waals surface area contributed by atoms with E-state index in [0.29, 0.717) is 54.8 Å². The molecule has 0 aliphatic carbocycles. The number of methoxy groups -OCH3 is 1. The van der Waals surface area contributed by atoms with Gasteiger partial charge < -0.3 is 30.4 Å². The number of nitrogens with two attached hydrogens (primary N) is 1. The summed E-state index contributed by atoms with van der Waals surface area (Å²) in [5.41, 5.74) is 8.30. The number of ether oxygens (including phenoxy) is 1. The Labute approximate surface area is 288 Å². The molecule has 0 spiro atoms. The molecule has 0 bridgehead atoms. The van der Waals surface area contributed by atoms with E-state index in [1.54, 1.807) is 17.7 Å². The van der Waals surface area contributed by atoms with Crippen molar-refractivity contribution in [1.29, 1.82) is 0 Å². The van der Waals surface area contributed by atoms with E-state index in [2.05, 4.69) is 15.1 Å². The van der Waals surface area contributed by atoms with E-state index in [9.17, 15) is 24.3 Å². The average Bonchev–Trinajstić information content (AvgIpc) is 3.59. The van der Waals surface area contributed by atoms with Crippen molar-refractivity contribution in [3.63, 3.8) is 0 Å². The first kappa shape index (κ1) is 35.9. The van der Waals surface area contributed by atoms with Gasteiger partial charge in [0.25, 0.3) is 11.8 Å². The van der Waals surface area contributed by atoms with Crippen LogP contribution in [-0.2, 0) is 23.8 Å². The van der Waals surface area contributed by atoms with Gasteiger partial charge in [0.05, 0.1) is 29.8 Å². The number of carboxylic acid groups (broad SMARTS) is 1. The minimum Gasteiger partial charge on any atom is -0.495 e. The minimum absolute atomic E-state index is 0.00522. The van der Waals surface area contributed by atoms with Crippen LogP contribution >= 0.6 is 0 Å². The standard InChI is InChI=1S/C37H50N6O6/c1-21(2)39-34(45)29-28(25(37(3,4)5)19-24(33(38)44)32(29)49-8)27-23-12-9-11-22(30(23)41(7)31(27)36(47)48)20-42-15-17-43(18-16-42)35(46)26-13-10-14-40(26)6/h9,11-12,19,21,26H,10,13-18,20H2,1-8H3,(H2,38,44)(H,39,45)(H,47,48). The molecule has 1 unspecified atom stereocenters. The minimum atomic E-state index is -1.16. The fourth-order valence-corrected chi connectivity index (χ4v) is 7.49. The third-order valence-corrected chi connectivity index (χ3v) is 9.84. The Balaban J connectivity index is 1.66. The number of nitrogens with one attached hydrogen (secondary N) is 1. The molecular formula is C37H50N6O6. The Hall–Kier alpha value is -4.42.